The molecule has 6 nitrogen and oxygen atoms in total. The fourth-order valence-electron chi connectivity index (χ4n) is 4.01. The molecule has 0 saturated carbocycles. The van der Waals surface area contributed by atoms with Crippen LogP contribution in [0.15, 0.2) is 67.1 Å². The van der Waals surface area contributed by atoms with Crippen LogP contribution in [0.1, 0.15) is 5.56 Å². The molecule has 0 amide bonds. The van der Waals surface area contributed by atoms with Gasteiger partial charge in [0.1, 0.15) is 12.1 Å². The number of fused-ring (bicyclic) bond motifs is 1. The Labute approximate surface area is 170 Å². The van der Waals surface area contributed by atoms with E-state index in [4.69, 9.17) is 0 Å². The number of benzene rings is 2. The minimum Gasteiger partial charge on any atom is -0.353 e. The van der Waals surface area contributed by atoms with Crippen LogP contribution in [0.25, 0.3) is 22.2 Å². The molecule has 4 aromatic rings. The van der Waals surface area contributed by atoms with Crippen LogP contribution in [-0.4, -0.2) is 50.8 Å². The van der Waals surface area contributed by atoms with Crippen molar-refractivity contribution in [3.05, 3.63) is 72.7 Å². The second-order valence-electron chi connectivity index (χ2n) is 7.53. The summed E-state index contributed by atoms with van der Waals surface area (Å²) in [5.41, 5.74) is 4.77. The maximum absolute atomic E-state index is 4.53. The summed E-state index contributed by atoms with van der Waals surface area (Å²) in [5.74, 6) is 0.995. The molecule has 0 bridgehead atoms. The van der Waals surface area contributed by atoms with Crippen LogP contribution < -0.4 is 4.90 Å². The molecule has 0 unspecified atom stereocenters. The number of nitrogens with zero attached hydrogens (tertiary/aromatic N) is 6. The van der Waals surface area contributed by atoms with E-state index < -0.39 is 0 Å². The Bertz CT molecular complexity index is 1100. The monoisotopic (exact) mass is 384 g/mol. The third-order valence-electron chi connectivity index (χ3n) is 5.65. The molecule has 1 saturated heterocycles. The van der Waals surface area contributed by atoms with Crippen molar-refractivity contribution in [2.24, 2.45) is 7.05 Å². The predicted molar refractivity (Wildman–Crippen MR) is 116 cm³/mol. The molecule has 2 aromatic carbocycles. The first kappa shape index (κ1) is 17.8. The summed E-state index contributed by atoms with van der Waals surface area (Å²) in [5, 5.41) is 5.36. The smallest absolute Gasteiger partial charge is 0.163 e. The predicted octanol–water partition coefficient (Wildman–Crippen LogP) is 3.35. The Kier molecular flexibility index (Phi) is 4.69. The molecule has 6 heteroatoms. The Morgan fingerprint density at radius 3 is 2.31 bits per heavy atom. The first-order valence-corrected chi connectivity index (χ1v) is 10.0. The summed E-state index contributed by atoms with van der Waals surface area (Å²) in [6.07, 6.45) is 3.51. The molecule has 29 heavy (non-hydrogen) atoms. The Hall–Kier alpha value is -3.25. The number of hydrogen-bond donors (Lipinski definition) is 0. The number of aromatic nitrogens is 4. The maximum atomic E-state index is 4.53. The van der Waals surface area contributed by atoms with E-state index in [9.17, 15) is 0 Å². The standard InChI is InChI=1S/C23H24N6/c1-27-22-21(15-26-27)23(25-17-24-22)29-13-11-28(12-14-29)16-18-7-9-20(10-8-18)19-5-3-2-4-6-19/h2-10,15,17H,11-14,16H2,1H3. The van der Waals surface area contributed by atoms with Crippen molar-refractivity contribution in [2.75, 3.05) is 31.1 Å². The quantitative estimate of drug-likeness (QED) is 0.540. The third-order valence-corrected chi connectivity index (χ3v) is 5.65. The van der Waals surface area contributed by atoms with Gasteiger partial charge in [-0.3, -0.25) is 9.58 Å². The summed E-state index contributed by atoms with van der Waals surface area (Å²) in [7, 11) is 1.92. The van der Waals surface area contributed by atoms with Gasteiger partial charge in [-0.05, 0) is 16.7 Å². The van der Waals surface area contributed by atoms with Gasteiger partial charge in [0.15, 0.2) is 5.65 Å². The molecule has 1 aliphatic heterocycles. The average Bonchev–Trinajstić information content (AvgIpc) is 3.17. The highest BCUT2D eigenvalue weighted by Crippen LogP contribution is 2.24. The van der Waals surface area contributed by atoms with E-state index in [-0.39, 0.29) is 0 Å². The molecular formula is C23H24N6. The van der Waals surface area contributed by atoms with Crippen LogP contribution in [0.3, 0.4) is 0 Å². The van der Waals surface area contributed by atoms with Gasteiger partial charge < -0.3 is 4.90 Å². The van der Waals surface area contributed by atoms with Gasteiger partial charge in [0.2, 0.25) is 0 Å². The number of anilines is 1. The van der Waals surface area contributed by atoms with Crippen molar-refractivity contribution >= 4 is 16.9 Å². The maximum Gasteiger partial charge on any atom is 0.163 e. The summed E-state index contributed by atoms with van der Waals surface area (Å²) in [4.78, 5) is 13.7. The fraction of sp³-hybridized carbons (Fsp3) is 0.261. The van der Waals surface area contributed by atoms with E-state index in [0.29, 0.717) is 0 Å². The topological polar surface area (TPSA) is 50.1 Å². The van der Waals surface area contributed by atoms with Crippen molar-refractivity contribution in [3.8, 4) is 11.1 Å². The summed E-state index contributed by atoms with van der Waals surface area (Å²) in [6, 6.07) is 19.5. The fourth-order valence-corrected chi connectivity index (χ4v) is 4.01. The van der Waals surface area contributed by atoms with Crippen molar-refractivity contribution < 1.29 is 0 Å². The second-order valence-corrected chi connectivity index (χ2v) is 7.53. The van der Waals surface area contributed by atoms with Gasteiger partial charge in [-0.1, -0.05) is 54.6 Å². The third kappa shape index (κ3) is 3.59. The minimum absolute atomic E-state index is 0.885. The zero-order chi connectivity index (χ0) is 19.6. The number of hydrogen-bond acceptors (Lipinski definition) is 5. The number of aryl methyl sites for hydroxylation is 1. The lowest BCUT2D eigenvalue weighted by Gasteiger charge is -2.35. The van der Waals surface area contributed by atoms with E-state index in [2.05, 4.69) is 79.5 Å². The molecule has 0 spiro atoms. The van der Waals surface area contributed by atoms with E-state index in [1.165, 1.54) is 16.7 Å². The summed E-state index contributed by atoms with van der Waals surface area (Å²) < 4.78 is 1.80. The minimum atomic E-state index is 0.885. The normalized spacial score (nSPS) is 15.1. The van der Waals surface area contributed by atoms with Crippen LogP contribution in [0.4, 0.5) is 5.82 Å². The van der Waals surface area contributed by atoms with Crippen LogP contribution in [0, 0.1) is 0 Å². The van der Waals surface area contributed by atoms with E-state index in [1.54, 1.807) is 11.0 Å². The lowest BCUT2D eigenvalue weighted by atomic mass is 10.0. The van der Waals surface area contributed by atoms with Gasteiger partial charge in [0.25, 0.3) is 0 Å². The zero-order valence-corrected chi connectivity index (χ0v) is 16.6. The van der Waals surface area contributed by atoms with Crippen LogP contribution in [-0.2, 0) is 13.6 Å². The molecule has 0 N–H and O–H groups in total. The number of piperazine rings is 1. The van der Waals surface area contributed by atoms with E-state index in [0.717, 1.165) is 49.6 Å². The van der Waals surface area contributed by atoms with Gasteiger partial charge in [0, 0.05) is 39.8 Å². The molecule has 1 fully saturated rings. The number of rotatable bonds is 4. The lowest BCUT2D eigenvalue weighted by molar-refractivity contribution is 0.249. The van der Waals surface area contributed by atoms with Crippen LogP contribution >= 0.6 is 0 Å². The highest BCUT2D eigenvalue weighted by molar-refractivity contribution is 5.86. The molecule has 5 rings (SSSR count). The summed E-state index contributed by atoms with van der Waals surface area (Å²) >= 11 is 0. The van der Waals surface area contributed by atoms with Gasteiger partial charge in [0.05, 0.1) is 11.6 Å². The Balaban J connectivity index is 1.23. The SMILES string of the molecule is Cn1ncc2c(N3CCN(Cc4ccc(-c5ccccc5)cc4)CC3)ncnc21. The molecular weight excluding hydrogens is 360 g/mol. The highest BCUT2D eigenvalue weighted by atomic mass is 15.3. The molecule has 0 aliphatic carbocycles. The molecule has 2 aromatic heterocycles. The van der Waals surface area contributed by atoms with E-state index in [1.807, 2.05) is 13.2 Å². The first-order valence-electron chi connectivity index (χ1n) is 10.0. The summed E-state index contributed by atoms with van der Waals surface area (Å²) in [6.45, 7) is 4.94. The molecule has 3 heterocycles. The van der Waals surface area contributed by atoms with Gasteiger partial charge in [-0.2, -0.15) is 5.10 Å². The van der Waals surface area contributed by atoms with Crippen molar-refractivity contribution in [1.82, 2.24) is 24.6 Å². The molecule has 0 atom stereocenters. The van der Waals surface area contributed by atoms with Crippen LogP contribution in [0.5, 0.6) is 0 Å². The van der Waals surface area contributed by atoms with Crippen molar-refractivity contribution in [2.45, 2.75) is 6.54 Å². The largest absolute Gasteiger partial charge is 0.353 e. The average molecular weight is 384 g/mol. The van der Waals surface area contributed by atoms with Crippen LogP contribution in [0.2, 0.25) is 0 Å². The van der Waals surface area contributed by atoms with Gasteiger partial charge >= 0.3 is 0 Å². The molecule has 0 radical (unpaired) electrons. The van der Waals surface area contributed by atoms with Crippen molar-refractivity contribution in [3.63, 3.8) is 0 Å². The van der Waals surface area contributed by atoms with E-state index >= 15 is 0 Å². The Morgan fingerprint density at radius 1 is 0.828 bits per heavy atom. The second kappa shape index (κ2) is 7.64. The first-order chi connectivity index (χ1) is 14.3. The molecule has 146 valence electrons. The Morgan fingerprint density at radius 2 is 1.55 bits per heavy atom. The van der Waals surface area contributed by atoms with Gasteiger partial charge in [-0.25, -0.2) is 9.97 Å². The highest BCUT2D eigenvalue weighted by Gasteiger charge is 2.21. The molecule has 1 aliphatic rings. The zero-order valence-electron chi connectivity index (χ0n) is 16.6. The van der Waals surface area contributed by atoms with Crippen molar-refractivity contribution in [1.29, 1.82) is 0 Å². The van der Waals surface area contributed by atoms with Gasteiger partial charge in [-0.15, -0.1) is 0 Å². The lowest BCUT2D eigenvalue weighted by Crippen LogP contribution is -2.46.